The Morgan fingerprint density at radius 3 is 2.70 bits per heavy atom. The molecular weight excluding hydrogens is 274 g/mol. The molecule has 1 N–H and O–H groups in total. The number of hydrogen-bond acceptors (Lipinski definition) is 3. The molecule has 0 unspecified atom stereocenters. The molecule has 20 heavy (non-hydrogen) atoms. The van der Waals surface area contributed by atoms with Gasteiger partial charge in [0.1, 0.15) is 11.4 Å². The average Bonchev–Trinajstić information content (AvgIpc) is 2.64. The summed E-state index contributed by atoms with van der Waals surface area (Å²) in [5, 5.41) is 8.33. The quantitative estimate of drug-likeness (QED) is 0.915. The van der Waals surface area contributed by atoms with Crippen molar-refractivity contribution in [2.75, 3.05) is 6.54 Å². The van der Waals surface area contributed by atoms with E-state index in [4.69, 9.17) is 16.3 Å². The molecule has 0 spiro atoms. The van der Waals surface area contributed by atoms with Crippen LogP contribution in [0.5, 0.6) is 11.5 Å². The molecule has 0 saturated heterocycles. The van der Waals surface area contributed by atoms with Crippen LogP contribution in [0.25, 0.3) is 0 Å². The number of nitrogens with one attached hydrogen (secondary N) is 1. The van der Waals surface area contributed by atoms with Crippen molar-refractivity contribution < 1.29 is 4.74 Å². The van der Waals surface area contributed by atoms with E-state index in [1.807, 2.05) is 43.8 Å². The Bertz CT molecular complexity index is 607. The van der Waals surface area contributed by atoms with Crippen molar-refractivity contribution in [3.05, 3.63) is 40.2 Å². The molecule has 0 amide bonds. The van der Waals surface area contributed by atoms with Gasteiger partial charge in [-0.1, -0.05) is 24.6 Å². The van der Waals surface area contributed by atoms with Crippen molar-refractivity contribution in [1.29, 1.82) is 0 Å². The monoisotopic (exact) mass is 293 g/mol. The maximum absolute atomic E-state index is 6.08. The van der Waals surface area contributed by atoms with Crippen LogP contribution in [0.15, 0.2) is 18.2 Å². The highest BCUT2D eigenvalue weighted by Crippen LogP contribution is 2.32. The van der Waals surface area contributed by atoms with Crippen molar-refractivity contribution in [1.82, 2.24) is 15.1 Å². The number of aromatic nitrogens is 2. The first kappa shape index (κ1) is 14.9. The SMILES string of the molecule is CCNCc1ccc(Cl)cc1Oc1c(C)nn(C)c1C. The molecule has 0 atom stereocenters. The zero-order valence-corrected chi connectivity index (χ0v) is 13.1. The Morgan fingerprint density at radius 1 is 1.35 bits per heavy atom. The molecule has 0 aliphatic rings. The predicted molar refractivity (Wildman–Crippen MR) is 81.6 cm³/mol. The van der Waals surface area contributed by atoms with Gasteiger partial charge in [-0.2, -0.15) is 5.10 Å². The van der Waals surface area contributed by atoms with Gasteiger partial charge >= 0.3 is 0 Å². The van der Waals surface area contributed by atoms with E-state index >= 15 is 0 Å². The van der Waals surface area contributed by atoms with E-state index in [1.165, 1.54) is 0 Å². The third-order valence-corrected chi connectivity index (χ3v) is 3.48. The average molecular weight is 294 g/mol. The summed E-state index contributed by atoms with van der Waals surface area (Å²) in [6, 6.07) is 5.71. The number of hydrogen-bond donors (Lipinski definition) is 1. The summed E-state index contributed by atoms with van der Waals surface area (Å²) < 4.78 is 7.88. The van der Waals surface area contributed by atoms with Crippen LogP contribution in [0.1, 0.15) is 23.9 Å². The van der Waals surface area contributed by atoms with E-state index in [1.54, 1.807) is 0 Å². The summed E-state index contributed by atoms with van der Waals surface area (Å²) in [6.45, 7) is 7.67. The van der Waals surface area contributed by atoms with Crippen molar-refractivity contribution in [2.24, 2.45) is 7.05 Å². The predicted octanol–water partition coefficient (Wildman–Crippen LogP) is 3.59. The Kier molecular flexibility index (Phi) is 4.68. The lowest BCUT2D eigenvalue weighted by atomic mass is 10.2. The van der Waals surface area contributed by atoms with Crippen LogP contribution in [-0.4, -0.2) is 16.3 Å². The summed E-state index contributed by atoms with van der Waals surface area (Å²) in [6.07, 6.45) is 0. The Labute approximate surface area is 124 Å². The van der Waals surface area contributed by atoms with Crippen LogP contribution in [0.3, 0.4) is 0 Å². The van der Waals surface area contributed by atoms with E-state index in [-0.39, 0.29) is 0 Å². The maximum atomic E-state index is 6.08. The van der Waals surface area contributed by atoms with Crippen LogP contribution in [0.2, 0.25) is 5.02 Å². The van der Waals surface area contributed by atoms with Crippen molar-refractivity contribution in [3.63, 3.8) is 0 Å². The largest absolute Gasteiger partial charge is 0.453 e. The smallest absolute Gasteiger partial charge is 0.171 e. The van der Waals surface area contributed by atoms with Crippen LogP contribution >= 0.6 is 11.6 Å². The summed E-state index contributed by atoms with van der Waals surface area (Å²) in [5.41, 5.74) is 2.95. The topological polar surface area (TPSA) is 39.1 Å². The molecule has 1 aromatic carbocycles. The lowest BCUT2D eigenvalue weighted by molar-refractivity contribution is 0.465. The lowest BCUT2D eigenvalue weighted by Crippen LogP contribution is -2.12. The fraction of sp³-hybridized carbons (Fsp3) is 0.400. The highest BCUT2D eigenvalue weighted by molar-refractivity contribution is 6.30. The first-order chi connectivity index (χ1) is 9.52. The number of rotatable bonds is 5. The third-order valence-electron chi connectivity index (χ3n) is 3.25. The Hall–Kier alpha value is -1.52. The van der Waals surface area contributed by atoms with Gasteiger partial charge in [-0.25, -0.2) is 0 Å². The molecule has 108 valence electrons. The molecule has 1 heterocycles. The first-order valence-corrected chi connectivity index (χ1v) is 7.08. The van der Waals surface area contributed by atoms with Crippen molar-refractivity contribution in [3.8, 4) is 11.5 Å². The normalized spacial score (nSPS) is 10.8. The van der Waals surface area contributed by atoms with Gasteiger partial charge in [-0.3, -0.25) is 4.68 Å². The molecule has 0 aliphatic carbocycles. The molecule has 0 aliphatic heterocycles. The van der Waals surface area contributed by atoms with E-state index in [2.05, 4.69) is 17.3 Å². The minimum atomic E-state index is 0.666. The standard InChI is InChI=1S/C15H20ClN3O/c1-5-17-9-12-6-7-13(16)8-14(12)20-15-10(2)18-19(4)11(15)3/h6-8,17H,5,9H2,1-4H3. The Morgan fingerprint density at radius 2 is 2.10 bits per heavy atom. The summed E-state index contributed by atoms with van der Waals surface area (Å²) >= 11 is 6.08. The second-order valence-electron chi connectivity index (χ2n) is 4.76. The lowest BCUT2D eigenvalue weighted by Gasteiger charge is -2.12. The second-order valence-corrected chi connectivity index (χ2v) is 5.19. The zero-order valence-electron chi connectivity index (χ0n) is 12.3. The molecule has 0 fully saturated rings. The Balaban J connectivity index is 2.34. The molecule has 1 aromatic heterocycles. The number of ether oxygens (including phenoxy) is 1. The maximum Gasteiger partial charge on any atom is 0.171 e. The van der Waals surface area contributed by atoms with Gasteiger partial charge < -0.3 is 10.1 Å². The van der Waals surface area contributed by atoms with Crippen LogP contribution in [-0.2, 0) is 13.6 Å². The number of aryl methyl sites for hydroxylation is 2. The van der Waals surface area contributed by atoms with E-state index in [0.717, 1.165) is 41.5 Å². The molecular formula is C15H20ClN3O. The molecule has 2 rings (SSSR count). The minimum absolute atomic E-state index is 0.666. The van der Waals surface area contributed by atoms with E-state index < -0.39 is 0 Å². The van der Waals surface area contributed by atoms with Gasteiger partial charge in [0.05, 0.1) is 5.69 Å². The van der Waals surface area contributed by atoms with Gasteiger partial charge in [0.25, 0.3) is 0 Å². The fourth-order valence-corrected chi connectivity index (χ4v) is 2.20. The number of nitrogens with zero attached hydrogens (tertiary/aromatic N) is 2. The van der Waals surface area contributed by atoms with Crippen LogP contribution in [0, 0.1) is 13.8 Å². The van der Waals surface area contributed by atoms with Crippen molar-refractivity contribution >= 4 is 11.6 Å². The van der Waals surface area contributed by atoms with E-state index in [9.17, 15) is 0 Å². The van der Waals surface area contributed by atoms with Gasteiger partial charge in [0.2, 0.25) is 0 Å². The first-order valence-electron chi connectivity index (χ1n) is 6.70. The third kappa shape index (κ3) is 3.14. The molecule has 0 radical (unpaired) electrons. The highest BCUT2D eigenvalue weighted by Gasteiger charge is 2.14. The van der Waals surface area contributed by atoms with Gasteiger partial charge in [0, 0.05) is 24.2 Å². The molecule has 0 bridgehead atoms. The van der Waals surface area contributed by atoms with Gasteiger partial charge in [-0.05, 0) is 32.5 Å². The summed E-state index contributed by atoms with van der Waals surface area (Å²) in [4.78, 5) is 0. The molecule has 5 heteroatoms. The fourth-order valence-electron chi connectivity index (χ4n) is 2.04. The van der Waals surface area contributed by atoms with E-state index in [0.29, 0.717) is 5.02 Å². The zero-order chi connectivity index (χ0) is 14.7. The summed E-state index contributed by atoms with van der Waals surface area (Å²) in [5.74, 6) is 1.57. The molecule has 0 saturated carbocycles. The minimum Gasteiger partial charge on any atom is -0.453 e. The van der Waals surface area contributed by atoms with Gasteiger partial charge in [-0.15, -0.1) is 0 Å². The molecule has 2 aromatic rings. The second kappa shape index (κ2) is 6.29. The molecule has 4 nitrogen and oxygen atoms in total. The number of benzene rings is 1. The van der Waals surface area contributed by atoms with Gasteiger partial charge in [0.15, 0.2) is 5.75 Å². The highest BCUT2D eigenvalue weighted by atomic mass is 35.5. The summed E-state index contributed by atoms with van der Waals surface area (Å²) in [7, 11) is 1.91. The van der Waals surface area contributed by atoms with Crippen molar-refractivity contribution in [2.45, 2.75) is 27.3 Å². The van der Waals surface area contributed by atoms with Crippen LogP contribution in [0.4, 0.5) is 0 Å². The number of halogens is 1. The van der Waals surface area contributed by atoms with Crippen LogP contribution < -0.4 is 10.1 Å².